The van der Waals surface area contributed by atoms with Crippen molar-refractivity contribution >= 4 is 34.6 Å². The molecule has 6 nitrogen and oxygen atoms in total. The third-order valence-corrected chi connectivity index (χ3v) is 2.46. The van der Waals surface area contributed by atoms with Gasteiger partial charge in [-0.1, -0.05) is 24.3 Å². The second-order valence-electron chi connectivity index (χ2n) is 3.73. The molecular weight excluding hydrogens is 232 g/mol. The van der Waals surface area contributed by atoms with E-state index in [9.17, 15) is 9.59 Å². The van der Waals surface area contributed by atoms with Crippen molar-refractivity contribution in [1.82, 2.24) is 10.2 Å². The highest BCUT2D eigenvalue weighted by atomic mass is 16.1. The Balaban J connectivity index is 2.31. The van der Waals surface area contributed by atoms with Crippen LogP contribution in [0.5, 0.6) is 0 Å². The normalized spacial score (nSPS) is 10.2. The summed E-state index contributed by atoms with van der Waals surface area (Å²) in [6.07, 6.45) is 1.02. The Morgan fingerprint density at radius 2 is 2.00 bits per heavy atom. The first-order valence-electron chi connectivity index (χ1n) is 5.46. The van der Waals surface area contributed by atoms with Gasteiger partial charge in [0.25, 0.3) is 0 Å². The quantitative estimate of drug-likeness (QED) is 0.785. The fourth-order valence-electron chi connectivity index (χ4n) is 1.60. The minimum Gasteiger partial charge on any atom is -0.382 e. The number of nitrogen functional groups attached to an aromatic ring is 1. The van der Waals surface area contributed by atoms with Gasteiger partial charge in [0.1, 0.15) is 6.29 Å². The van der Waals surface area contributed by atoms with E-state index in [-0.39, 0.29) is 18.7 Å². The Labute approximate surface area is 103 Å². The number of hydrogen-bond acceptors (Lipinski definition) is 5. The van der Waals surface area contributed by atoms with Gasteiger partial charge in [0.2, 0.25) is 5.91 Å². The number of anilines is 2. The lowest BCUT2D eigenvalue weighted by Gasteiger charge is -2.07. The number of hydrogen-bond donors (Lipinski definition) is 2. The number of amides is 1. The first kappa shape index (κ1) is 12.0. The molecule has 2 aromatic rings. The summed E-state index contributed by atoms with van der Waals surface area (Å²) in [6, 6.07) is 7.26. The average molecular weight is 244 g/mol. The van der Waals surface area contributed by atoms with Crippen molar-refractivity contribution < 1.29 is 9.59 Å². The number of fused-ring (bicyclic) bond motifs is 1. The SMILES string of the molecule is Nc1nnc(NC(=O)CCC=O)c2ccccc12. The molecule has 0 aliphatic rings. The van der Waals surface area contributed by atoms with Crippen LogP contribution in [0.25, 0.3) is 10.8 Å². The first-order valence-corrected chi connectivity index (χ1v) is 5.46. The van der Waals surface area contributed by atoms with E-state index in [0.29, 0.717) is 17.9 Å². The van der Waals surface area contributed by atoms with Crippen molar-refractivity contribution in [2.75, 3.05) is 11.1 Å². The number of benzene rings is 1. The summed E-state index contributed by atoms with van der Waals surface area (Å²) in [5.74, 6) is 0.401. The summed E-state index contributed by atoms with van der Waals surface area (Å²) in [7, 11) is 0. The van der Waals surface area contributed by atoms with E-state index in [1.165, 1.54) is 0 Å². The molecule has 6 heteroatoms. The molecular formula is C12H12N4O2. The number of aromatic nitrogens is 2. The molecule has 0 saturated heterocycles. The zero-order chi connectivity index (χ0) is 13.0. The van der Waals surface area contributed by atoms with E-state index in [1.54, 1.807) is 12.1 Å². The molecule has 0 fully saturated rings. The van der Waals surface area contributed by atoms with E-state index in [1.807, 2.05) is 12.1 Å². The van der Waals surface area contributed by atoms with Crippen LogP contribution in [0.1, 0.15) is 12.8 Å². The monoisotopic (exact) mass is 244 g/mol. The van der Waals surface area contributed by atoms with Crippen molar-refractivity contribution in [3.63, 3.8) is 0 Å². The summed E-state index contributed by atoms with van der Waals surface area (Å²) >= 11 is 0. The fraction of sp³-hybridized carbons (Fsp3) is 0.167. The van der Waals surface area contributed by atoms with Gasteiger partial charge in [-0.05, 0) is 0 Å². The molecule has 0 aliphatic heterocycles. The molecule has 1 heterocycles. The van der Waals surface area contributed by atoms with Crippen molar-refractivity contribution in [2.45, 2.75) is 12.8 Å². The summed E-state index contributed by atoms with van der Waals surface area (Å²) < 4.78 is 0. The summed E-state index contributed by atoms with van der Waals surface area (Å²) in [6.45, 7) is 0. The lowest BCUT2D eigenvalue weighted by atomic mass is 10.1. The van der Waals surface area contributed by atoms with Crippen LogP contribution in [0.2, 0.25) is 0 Å². The van der Waals surface area contributed by atoms with Crippen LogP contribution in [-0.4, -0.2) is 22.4 Å². The number of nitrogens with one attached hydrogen (secondary N) is 1. The summed E-state index contributed by atoms with van der Waals surface area (Å²) in [4.78, 5) is 21.7. The second kappa shape index (κ2) is 5.22. The van der Waals surface area contributed by atoms with Gasteiger partial charge in [-0.15, -0.1) is 10.2 Å². The molecule has 1 amide bonds. The topological polar surface area (TPSA) is 98.0 Å². The highest BCUT2D eigenvalue weighted by Crippen LogP contribution is 2.23. The maximum absolute atomic E-state index is 11.5. The number of carbonyl (C=O) groups excluding carboxylic acids is 2. The van der Waals surface area contributed by atoms with E-state index in [0.717, 1.165) is 10.8 Å². The molecule has 0 aliphatic carbocycles. The number of carbonyl (C=O) groups is 2. The maximum atomic E-state index is 11.5. The summed E-state index contributed by atoms with van der Waals surface area (Å²) in [5.41, 5.74) is 5.70. The van der Waals surface area contributed by atoms with Crippen LogP contribution in [0, 0.1) is 0 Å². The third kappa shape index (κ3) is 2.42. The van der Waals surface area contributed by atoms with E-state index in [4.69, 9.17) is 5.73 Å². The standard InChI is InChI=1S/C12H12N4O2/c13-11-8-4-1-2-5-9(8)12(16-15-11)14-10(18)6-3-7-17/h1-2,4-5,7H,3,6H2,(H2,13,15)(H,14,16,18). The van der Waals surface area contributed by atoms with Gasteiger partial charge in [0, 0.05) is 23.6 Å². The van der Waals surface area contributed by atoms with E-state index < -0.39 is 0 Å². The largest absolute Gasteiger partial charge is 0.382 e. The van der Waals surface area contributed by atoms with Crippen molar-refractivity contribution in [1.29, 1.82) is 0 Å². The van der Waals surface area contributed by atoms with Crippen molar-refractivity contribution in [3.05, 3.63) is 24.3 Å². The Hall–Kier alpha value is -2.50. The number of nitrogens with zero attached hydrogens (tertiary/aromatic N) is 2. The number of aldehydes is 1. The van der Waals surface area contributed by atoms with Crippen LogP contribution >= 0.6 is 0 Å². The molecule has 3 N–H and O–H groups in total. The van der Waals surface area contributed by atoms with Crippen LogP contribution < -0.4 is 11.1 Å². The van der Waals surface area contributed by atoms with E-state index in [2.05, 4.69) is 15.5 Å². The zero-order valence-corrected chi connectivity index (χ0v) is 9.59. The van der Waals surface area contributed by atoms with Gasteiger partial charge in [-0.3, -0.25) is 4.79 Å². The van der Waals surface area contributed by atoms with Gasteiger partial charge in [-0.25, -0.2) is 0 Å². The van der Waals surface area contributed by atoms with Gasteiger partial charge in [-0.2, -0.15) is 0 Å². The minimum atomic E-state index is -0.272. The Kier molecular flexibility index (Phi) is 3.47. The molecule has 0 radical (unpaired) electrons. The molecule has 0 atom stereocenters. The predicted molar refractivity (Wildman–Crippen MR) is 67.9 cm³/mol. The molecule has 1 aromatic carbocycles. The van der Waals surface area contributed by atoms with Gasteiger partial charge in [0.15, 0.2) is 11.6 Å². The van der Waals surface area contributed by atoms with Gasteiger partial charge < -0.3 is 15.8 Å². The number of rotatable bonds is 4. The lowest BCUT2D eigenvalue weighted by Crippen LogP contribution is -2.13. The molecule has 0 bridgehead atoms. The van der Waals surface area contributed by atoms with Crippen molar-refractivity contribution in [3.8, 4) is 0 Å². The molecule has 18 heavy (non-hydrogen) atoms. The highest BCUT2D eigenvalue weighted by molar-refractivity contribution is 6.03. The van der Waals surface area contributed by atoms with Crippen LogP contribution in [0.15, 0.2) is 24.3 Å². The van der Waals surface area contributed by atoms with Crippen LogP contribution in [-0.2, 0) is 9.59 Å². The first-order chi connectivity index (χ1) is 8.72. The molecule has 0 unspecified atom stereocenters. The number of nitrogens with two attached hydrogens (primary N) is 1. The maximum Gasteiger partial charge on any atom is 0.226 e. The van der Waals surface area contributed by atoms with Gasteiger partial charge in [0.05, 0.1) is 0 Å². The third-order valence-electron chi connectivity index (χ3n) is 2.46. The predicted octanol–water partition coefficient (Wildman–Crippen LogP) is 1.13. The molecule has 0 spiro atoms. The van der Waals surface area contributed by atoms with Crippen LogP contribution in [0.3, 0.4) is 0 Å². The Morgan fingerprint density at radius 3 is 2.72 bits per heavy atom. The smallest absolute Gasteiger partial charge is 0.226 e. The summed E-state index contributed by atoms with van der Waals surface area (Å²) in [5, 5.41) is 11.7. The molecule has 1 aromatic heterocycles. The van der Waals surface area contributed by atoms with Gasteiger partial charge >= 0.3 is 0 Å². The van der Waals surface area contributed by atoms with Crippen molar-refractivity contribution in [2.24, 2.45) is 0 Å². The minimum absolute atomic E-state index is 0.129. The second-order valence-corrected chi connectivity index (χ2v) is 3.73. The lowest BCUT2D eigenvalue weighted by molar-refractivity contribution is -0.118. The fourth-order valence-corrected chi connectivity index (χ4v) is 1.60. The molecule has 0 saturated carbocycles. The van der Waals surface area contributed by atoms with Crippen LogP contribution in [0.4, 0.5) is 11.6 Å². The average Bonchev–Trinajstić information content (AvgIpc) is 2.40. The molecule has 92 valence electrons. The zero-order valence-electron chi connectivity index (χ0n) is 9.59. The Bertz CT molecular complexity index is 598. The highest BCUT2D eigenvalue weighted by Gasteiger charge is 2.09. The molecule has 2 rings (SSSR count). The Morgan fingerprint density at radius 1 is 1.28 bits per heavy atom. The van der Waals surface area contributed by atoms with E-state index >= 15 is 0 Å².